The number of hydrogen-bond donors (Lipinski definition) is 1. The first-order chi connectivity index (χ1) is 11.5. The summed E-state index contributed by atoms with van der Waals surface area (Å²) in [5.74, 6) is -0.00581. The molecule has 1 aliphatic rings. The first kappa shape index (κ1) is 19.1. The van der Waals surface area contributed by atoms with Crippen LogP contribution in [0, 0.1) is 5.92 Å². The summed E-state index contributed by atoms with van der Waals surface area (Å²) in [6.45, 7) is 7.59. The number of alkyl halides is 2. The number of rotatable bonds is 7. The van der Waals surface area contributed by atoms with Crippen LogP contribution in [-0.2, 0) is 0 Å². The molecule has 0 spiro atoms. The van der Waals surface area contributed by atoms with Crippen molar-refractivity contribution in [1.29, 1.82) is 0 Å². The Labute approximate surface area is 146 Å². The minimum absolute atomic E-state index is 0.371. The Morgan fingerprint density at radius 3 is 2.79 bits per heavy atom. The second-order valence-corrected chi connectivity index (χ2v) is 7.11. The van der Waals surface area contributed by atoms with Gasteiger partial charge in [0, 0.05) is 36.5 Å². The first-order valence-corrected chi connectivity index (χ1v) is 9.53. The van der Waals surface area contributed by atoms with E-state index in [1.165, 1.54) is 0 Å². The van der Waals surface area contributed by atoms with Crippen LogP contribution in [0.4, 0.5) is 14.7 Å². The molecule has 0 saturated carbocycles. The zero-order valence-corrected chi connectivity index (χ0v) is 15.2. The lowest BCUT2D eigenvalue weighted by molar-refractivity contribution is 0.0829. The molecule has 1 unspecified atom stereocenters. The molecule has 24 heavy (non-hydrogen) atoms. The highest BCUT2D eigenvalue weighted by molar-refractivity contribution is 7.96. The van der Waals surface area contributed by atoms with Crippen molar-refractivity contribution in [2.24, 2.45) is 5.92 Å². The van der Waals surface area contributed by atoms with Crippen LogP contribution < -0.4 is 15.9 Å². The lowest BCUT2D eigenvalue weighted by Crippen LogP contribution is -2.37. The van der Waals surface area contributed by atoms with Gasteiger partial charge in [0.1, 0.15) is 0 Å². The van der Waals surface area contributed by atoms with Crippen molar-refractivity contribution in [3.63, 3.8) is 0 Å². The molecule has 134 valence electrons. The molecule has 1 saturated heterocycles. The van der Waals surface area contributed by atoms with Gasteiger partial charge in [-0.2, -0.15) is 0 Å². The first-order valence-electron chi connectivity index (χ1n) is 8.35. The fourth-order valence-electron chi connectivity index (χ4n) is 2.64. The van der Waals surface area contributed by atoms with Gasteiger partial charge in [0.2, 0.25) is 12.4 Å². The molecule has 0 aliphatic carbocycles. The lowest BCUT2D eigenvalue weighted by Gasteiger charge is -2.30. The third-order valence-electron chi connectivity index (χ3n) is 4.33. The topological polar surface area (TPSA) is 41.1 Å². The number of hydrogen-bond acceptors (Lipinski definition) is 5. The minimum atomic E-state index is -2.27. The van der Waals surface area contributed by atoms with E-state index < -0.39 is 12.3 Å². The SMILES string of the molecule is C=c1cnc(NC2CCN(SC)CC2)n/c1=C\CCC(C)C(F)F. The molecule has 1 fully saturated rings. The summed E-state index contributed by atoms with van der Waals surface area (Å²) < 4.78 is 27.4. The molecule has 1 aliphatic heterocycles. The Morgan fingerprint density at radius 1 is 1.46 bits per heavy atom. The van der Waals surface area contributed by atoms with Crippen LogP contribution in [0.3, 0.4) is 0 Å². The fraction of sp³-hybridized carbons (Fsp3) is 0.647. The number of nitrogens with zero attached hydrogens (tertiary/aromatic N) is 3. The van der Waals surface area contributed by atoms with E-state index in [0.717, 1.165) is 36.5 Å². The Kier molecular flexibility index (Phi) is 7.42. The van der Waals surface area contributed by atoms with Crippen molar-refractivity contribution < 1.29 is 8.78 Å². The molecule has 0 radical (unpaired) electrons. The van der Waals surface area contributed by atoms with E-state index in [1.807, 2.05) is 6.08 Å². The molecule has 7 heteroatoms. The zero-order chi connectivity index (χ0) is 17.5. The van der Waals surface area contributed by atoms with Crippen LogP contribution in [0.25, 0.3) is 12.7 Å². The number of halogens is 2. The molecule has 2 heterocycles. The maximum Gasteiger partial charge on any atom is 0.241 e. The molecule has 1 aromatic rings. The summed E-state index contributed by atoms with van der Waals surface area (Å²) in [6, 6.07) is 0.371. The number of aromatic nitrogens is 2. The van der Waals surface area contributed by atoms with E-state index in [2.05, 4.69) is 32.4 Å². The van der Waals surface area contributed by atoms with Crippen molar-refractivity contribution in [2.45, 2.75) is 45.1 Å². The van der Waals surface area contributed by atoms with Crippen LogP contribution in [0.2, 0.25) is 0 Å². The van der Waals surface area contributed by atoms with E-state index in [9.17, 15) is 8.78 Å². The predicted octanol–water partition coefficient (Wildman–Crippen LogP) is 2.50. The standard InChI is InChI=1S/C17H26F2N4S/c1-12(16(18)19)5-4-6-15-13(2)11-20-17(22-15)21-14-7-9-23(24-3)10-8-14/h6,11-12,14,16H,2,4-5,7-10H2,1,3H3,(H,21,22)/b15-6-. The normalized spacial score (nSPS) is 19.0. The highest BCUT2D eigenvalue weighted by Crippen LogP contribution is 2.18. The van der Waals surface area contributed by atoms with Crippen LogP contribution in [0.15, 0.2) is 6.20 Å². The Balaban J connectivity index is 1.97. The van der Waals surface area contributed by atoms with Gasteiger partial charge in [0.15, 0.2) is 0 Å². The van der Waals surface area contributed by atoms with E-state index in [1.54, 1.807) is 25.1 Å². The average molecular weight is 356 g/mol. The molecule has 0 amide bonds. The fourth-order valence-corrected chi connectivity index (χ4v) is 3.22. The van der Waals surface area contributed by atoms with E-state index in [0.29, 0.717) is 24.8 Å². The van der Waals surface area contributed by atoms with E-state index in [4.69, 9.17) is 0 Å². The molecular weight excluding hydrogens is 330 g/mol. The summed E-state index contributed by atoms with van der Waals surface area (Å²) >= 11 is 1.78. The molecule has 1 N–H and O–H groups in total. The van der Waals surface area contributed by atoms with Gasteiger partial charge in [0.05, 0.1) is 5.35 Å². The van der Waals surface area contributed by atoms with Crippen molar-refractivity contribution in [1.82, 2.24) is 14.3 Å². The van der Waals surface area contributed by atoms with Gasteiger partial charge < -0.3 is 5.32 Å². The van der Waals surface area contributed by atoms with Crippen molar-refractivity contribution in [3.8, 4) is 0 Å². The van der Waals surface area contributed by atoms with Crippen molar-refractivity contribution in [2.75, 3.05) is 24.7 Å². The van der Waals surface area contributed by atoms with Crippen molar-refractivity contribution >= 4 is 30.6 Å². The number of piperidine rings is 1. The second kappa shape index (κ2) is 9.32. The van der Waals surface area contributed by atoms with Crippen LogP contribution in [0.1, 0.15) is 32.6 Å². The number of nitrogens with one attached hydrogen (secondary N) is 1. The summed E-state index contributed by atoms with van der Waals surface area (Å²) in [6.07, 6.45) is 6.52. The van der Waals surface area contributed by atoms with Crippen LogP contribution in [-0.4, -0.2) is 46.1 Å². The van der Waals surface area contributed by atoms with E-state index in [-0.39, 0.29) is 0 Å². The molecule has 1 atom stereocenters. The van der Waals surface area contributed by atoms with Gasteiger partial charge in [0.25, 0.3) is 0 Å². The molecule has 1 aromatic heterocycles. The minimum Gasteiger partial charge on any atom is -0.351 e. The van der Waals surface area contributed by atoms with Crippen LogP contribution >= 0.6 is 11.9 Å². The summed E-state index contributed by atoms with van der Waals surface area (Å²) in [7, 11) is 0. The molecule has 2 rings (SSSR count). The maximum atomic E-state index is 12.5. The molecule has 4 nitrogen and oxygen atoms in total. The lowest BCUT2D eigenvalue weighted by atomic mass is 10.1. The third kappa shape index (κ3) is 5.70. The Bertz CT molecular complexity index is 618. The van der Waals surface area contributed by atoms with Gasteiger partial charge in [-0.25, -0.2) is 18.7 Å². The van der Waals surface area contributed by atoms with Gasteiger partial charge >= 0.3 is 0 Å². The Hall–Kier alpha value is -1.21. The number of anilines is 1. The largest absolute Gasteiger partial charge is 0.351 e. The highest BCUT2D eigenvalue weighted by atomic mass is 32.2. The van der Waals surface area contributed by atoms with Gasteiger partial charge in [-0.15, -0.1) is 0 Å². The zero-order valence-electron chi connectivity index (χ0n) is 14.3. The molecule has 0 aromatic carbocycles. The summed E-state index contributed by atoms with van der Waals surface area (Å²) in [5.41, 5.74) is 0. The van der Waals surface area contributed by atoms with Crippen molar-refractivity contribution in [3.05, 3.63) is 16.8 Å². The Morgan fingerprint density at radius 2 is 2.17 bits per heavy atom. The van der Waals surface area contributed by atoms with Crippen LogP contribution in [0.5, 0.6) is 0 Å². The van der Waals surface area contributed by atoms with Gasteiger partial charge in [-0.1, -0.05) is 31.5 Å². The summed E-state index contributed by atoms with van der Waals surface area (Å²) in [5, 5.41) is 4.84. The monoisotopic (exact) mass is 356 g/mol. The predicted molar refractivity (Wildman–Crippen MR) is 97.4 cm³/mol. The third-order valence-corrected chi connectivity index (χ3v) is 5.21. The highest BCUT2D eigenvalue weighted by Gasteiger charge is 2.19. The van der Waals surface area contributed by atoms with Gasteiger partial charge in [-0.3, -0.25) is 4.31 Å². The average Bonchev–Trinajstić information content (AvgIpc) is 2.58. The smallest absolute Gasteiger partial charge is 0.241 e. The summed E-state index contributed by atoms with van der Waals surface area (Å²) in [4.78, 5) is 8.80. The quantitative estimate of drug-likeness (QED) is 0.760. The second-order valence-electron chi connectivity index (χ2n) is 6.23. The maximum absolute atomic E-state index is 12.5. The van der Waals surface area contributed by atoms with Gasteiger partial charge in [-0.05, 0) is 31.9 Å². The molecule has 0 bridgehead atoms. The molecular formula is C17H26F2N4S. The van der Waals surface area contributed by atoms with E-state index >= 15 is 0 Å².